The Kier molecular flexibility index (Phi) is 5.27. The molecule has 3 unspecified atom stereocenters. The van der Waals surface area contributed by atoms with Gasteiger partial charge in [0.05, 0.1) is 6.10 Å². The summed E-state index contributed by atoms with van der Waals surface area (Å²) in [6.45, 7) is 4.30. The smallest absolute Gasteiger partial charge is 0.246 e. The Morgan fingerprint density at radius 1 is 1.59 bits per heavy atom. The van der Waals surface area contributed by atoms with Gasteiger partial charge in [0.25, 0.3) is 0 Å². The molecule has 1 aliphatic heterocycles. The lowest BCUT2D eigenvalue weighted by atomic mass is 9.95. The van der Waals surface area contributed by atoms with Gasteiger partial charge in [-0.2, -0.15) is 12.6 Å². The summed E-state index contributed by atoms with van der Waals surface area (Å²) >= 11 is 4.06. The highest BCUT2D eigenvalue weighted by molar-refractivity contribution is 7.80. The van der Waals surface area contributed by atoms with Crippen LogP contribution in [0.4, 0.5) is 0 Å². The van der Waals surface area contributed by atoms with E-state index in [4.69, 9.17) is 0 Å². The minimum Gasteiger partial charge on any atom is -0.391 e. The molecule has 6 heteroatoms. The average molecular weight is 260 g/mol. The van der Waals surface area contributed by atoms with Gasteiger partial charge in [-0.1, -0.05) is 6.92 Å². The number of rotatable bonds is 3. The molecule has 0 aromatic heterocycles. The fourth-order valence-corrected chi connectivity index (χ4v) is 2.15. The van der Waals surface area contributed by atoms with Gasteiger partial charge in [0, 0.05) is 25.8 Å². The first-order valence-electron chi connectivity index (χ1n) is 5.80. The van der Waals surface area contributed by atoms with Gasteiger partial charge in [0.1, 0.15) is 6.04 Å². The standard InChI is InChI=1S/C11H20N2O3S/c1-7-3-4-13(5-10(7)15)11(16)9(6-17)12-8(2)14/h7,9-10,15,17H,3-6H2,1-2H3,(H,12,14). The summed E-state index contributed by atoms with van der Waals surface area (Å²) in [5.74, 6) is 0.0688. The maximum absolute atomic E-state index is 12.1. The van der Waals surface area contributed by atoms with Crippen molar-refractivity contribution in [2.45, 2.75) is 32.4 Å². The van der Waals surface area contributed by atoms with E-state index in [2.05, 4.69) is 17.9 Å². The SMILES string of the molecule is CC(=O)NC(CS)C(=O)N1CCC(C)C(O)C1. The number of carbonyl (C=O) groups excluding carboxylic acids is 2. The van der Waals surface area contributed by atoms with Crippen molar-refractivity contribution in [3.63, 3.8) is 0 Å². The van der Waals surface area contributed by atoms with Crippen LogP contribution in [0.5, 0.6) is 0 Å². The van der Waals surface area contributed by atoms with Crippen molar-refractivity contribution in [2.24, 2.45) is 5.92 Å². The number of aliphatic hydroxyl groups excluding tert-OH is 1. The van der Waals surface area contributed by atoms with Gasteiger partial charge in [0.15, 0.2) is 0 Å². The van der Waals surface area contributed by atoms with Crippen LogP contribution in [0.1, 0.15) is 20.3 Å². The van der Waals surface area contributed by atoms with E-state index in [1.54, 1.807) is 4.90 Å². The Balaban J connectivity index is 2.59. The monoisotopic (exact) mass is 260 g/mol. The van der Waals surface area contributed by atoms with Gasteiger partial charge in [0.2, 0.25) is 11.8 Å². The van der Waals surface area contributed by atoms with Gasteiger partial charge in [-0.25, -0.2) is 0 Å². The molecule has 1 fully saturated rings. The van der Waals surface area contributed by atoms with Crippen molar-refractivity contribution in [3.8, 4) is 0 Å². The second-order valence-corrected chi connectivity index (χ2v) is 4.92. The third-order valence-electron chi connectivity index (χ3n) is 3.09. The third kappa shape index (κ3) is 3.89. The highest BCUT2D eigenvalue weighted by Crippen LogP contribution is 2.17. The number of hydrogen-bond acceptors (Lipinski definition) is 4. The number of nitrogens with zero attached hydrogens (tertiary/aromatic N) is 1. The number of nitrogens with one attached hydrogen (secondary N) is 1. The summed E-state index contributed by atoms with van der Waals surface area (Å²) in [5, 5.41) is 12.3. The topological polar surface area (TPSA) is 69.6 Å². The van der Waals surface area contributed by atoms with E-state index in [0.717, 1.165) is 6.42 Å². The van der Waals surface area contributed by atoms with E-state index in [1.165, 1.54) is 6.92 Å². The second kappa shape index (κ2) is 6.26. The molecular weight excluding hydrogens is 240 g/mol. The predicted molar refractivity (Wildman–Crippen MR) is 67.8 cm³/mol. The van der Waals surface area contributed by atoms with Crippen LogP contribution in [0.25, 0.3) is 0 Å². The van der Waals surface area contributed by atoms with Crippen LogP contribution >= 0.6 is 12.6 Å². The van der Waals surface area contributed by atoms with Gasteiger partial charge < -0.3 is 15.3 Å². The lowest BCUT2D eigenvalue weighted by Gasteiger charge is -2.36. The molecular formula is C11H20N2O3S. The van der Waals surface area contributed by atoms with Crippen LogP contribution in [0.2, 0.25) is 0 Å². The zero-order valence-corrected chi connectivity index (χ0v) is 11.1. The van der Waals surface area contributed by atoms with E-state index < -0.39 is 12.1 Å². The van der Waals surface area contributed by atoms with Crippen LogP contribution in [-0.2, 0) is 9.59 Å². The molecule has 0 aliphatic carbocycles. The van der Waals surface area contributed by atoms with Gasteiger partial charge in [-0.3, -0.25) is 9.59 Å². The Bertz CT molecular complexity index is 298. The molecule has 0 spiro atoms. The van der Waals surface area contributed by atoms with Gasteiger partial charge in [-0.15, -0.1) is 0 Å². The summed E-state index contributed by atoms with van der Waals surface area (Å²) in [6, 6.07) is -0.601. The van der Waals surface area contributed by atoms with Crippen molar-refractivity contribution in [1.29, 1.82) is 0 Å². The maximum atomic E-state index is 12.1. The molecule has 1 heterocycles. The summed E-state index contributed by atoms with van der Waals surface area (Å²) < 4.78 is 0. The lowest BCUT2D eigenvalue weighted by molar-refractivity contribution is -0.139. The van der Waals surface area contributed by atoms with E-state index in [1.807, 2.05) is 6.92 Å². The van der Waals surface area contributed by atoms with E-state index >= 15 is 0 Å². The Hall–Kier alpha value is -0.750. The van der Waals surface area contributed by atoms with Crippen molar-refractivity contribution < 1.29 is 14.7 Å². The largest absolute Gasteiger partial charge is 0.391 e. The molecule has 1 aliphatic rings. The molecule has 2 N–H and O–H groups in total. The molecule has 98 valence electrons. The minimum absolute atomic E-state index is 0.166. The van der Waals surface area contributed by atoms with Crippen molar-refractivity contribution in [3.05, 3.63) is 0 Å². The molecule has 0 aromatic carbocycles. The van der Waals surface area contributed by atoms with Crippen LogP contribution in [-0.4, -0.2) is 52.8 Å². The summed E-state index contributed by atoms with van der Waals surface area (Å²) in [4.78, 5) is 24.6. The number of thiol groups is 1. The number of aliphatic hydroxyl groups is 1. The summed E-state index contributed by atoms with van der Waals surface area (Å²) in [6.07, 6.45) is 0.303. The van der Waals surface area contributed by atoms with Crippen LogP contribution in [0.3, 0.4) is 0 Å². The highest BCUT2D eigenvalue weighted by Gasteiger charge is 2.30. The van der Waals surface area contributed by atoms with Crippen molar-refractivity contribution >= 4 is 24.4 Å². The fraction of sp³-hybridized carbons (Fsp3) is 0.818. The molecule has 0 radical (unpaired) electrons. The molecule has 0 saturated carbocycles. The van der Waals surface area contributed by atoms with Crippen molar-refractivity contribution in [2.75, 3.05) is 18.8 Å². The normalized spacial score (nSPS) is 26.5. The van der Waals surface area contributed by atoms with E-state index in [0.29, 0.717) is 13.1 Å². The molecule has 1 rings (SSSR count). The maximum Gasteiger partial charge on any atom is 0.246 e. The van der Waals surface area contributed by atoms with Gasteiger partial charge >= 0.3 is 0 Å². The Labute approximate surface area is 107 Å². The van der Waals surface area contributed by atoms with Crippen LogP contribution in [0.15, 0.2) is 0 Å². The first-order valence-corrected chi connectivity index (χ1v) is 6.43. The quantitative estimate of drug-likeness (QED) is 0.608. The first-order chi connectivity index (χ1) is 7.95. The van der Waals surface area contributed by atoms with E-state index in [9.17, 15) is 14.7 Å². The molecule has 0 aromatic rings. The zero-order valence-electron chi connectivity index (χ0n) is 10.2. The highest BCUT2D eigenvalue weighted by atomic mass is 32.1. The minimum atomic E-state index is -0.601. The number of amides is 2. The molecule has 1 saturated heterocycles. The van der Waals surface area contributed by atoms with E-state index in [-0.39, 0.29) is 23.5 Å². The summed E-state index contributed by atoms with van der Waals surface area (Å²) in [7, 11) is 0. The Morgan fingerprint density at radius 2 is 2.24 bits per heavy atom. The second-order valence-electron chi connectivity index (χ2n) is 4.55. The number of β-amino-alcohol motifs (C(OH)–C–C–N with tert-alkyl or cyclic N) is 1. The molecule has 17 heavy (non-hydrogen) atoms. The zero-order chi connectivity index (χ0) is 13.0. The molecule has 5 nitrogen and oxygen atoms in total. The number of likely N-dealkylation sites (tertiary alicyclic amines) is 1. The predicted octanol–water partition coefficient (Wildman–Crippen LogP) is -0.350. The fourth-order valence-electron chi connectivity index (χ4n) is 1.90. The first kappa shape index (κ1) is 14.3. The Morgan fingerprint density at radius 3 is 2.71 bits per heavy atom. The van der Waals surface area contributed by atoms with Crippen LogP contribution in [0, 0.1) is 5.92 Å². The number of carbonyl (C=O) groups is 2. The summed E-state index contributed by atoms with van der Waals surface area (Å²) in [5.41, 5.74) is 0. The third-order valence-corrected chi connectivity index (χ3v) is 3.45. The average Bonchev–Trinajstić information content (AvgIpc) is 2.28. The number of hydrogen-bond donors (Lipinski definition) is 3. The lowest BCUT2D eigenvalue weighted by Crippen LogP contribution is -2.54. The number of piperidine rings is 1. The molecule has 3 atom stereocenters. The molecule has 0 bridgehead atoms. The van der Waals surface area contributed by atoms with Gasteiger partial charge in [-0.05, 0) is 12.3 Å². The van der Waals surface area contributed by atoms with Crippen LogP contribution < -0.4 is 5.32 Å². The molecule has 2 amide bonds. The van der Waals surface area contributed by atoms with Crippen molar-refractivity contribution in [1.82, 2.24) is 10.2 Å².